The Labute approximate surface area is 142 Å². The molecule has 0 aliphatic rings. The molecule has 0 saturated carbocycles. The zero-order valence-corrected chi connectivity index (χ0v) is 13.7. The van der Waals surface area contributed by atoms with Crippen LogP contribution in [-0.2, 0) is 0 Å². The van der Waals surface area contributed by atoms with Crippen molar-refractivity contribution in [2.45, 2.75) is 0 Å². The predicted molar refractivity (Wildman–Crippen MR) is 91.0 cm³/mol. The number of hydrogen-bond acceptors (Lipinski definition) is 3. The number of thiocarbonyl (C=S) groups is 1. The van der Waals surface area contributed by atoms with Gasteiger partial charge in [0, 0.05) is 12.6 Å². The number of benzene rings is 1. The summed E-state index contributed by atoms with van der Waals surface area (Å²) >= 11 is 16.6. The predicted octanol–water partition coefficient (Wildman–Crippen LogP) is 3.70. The lowest BCUT2D eigenvalue weighted by atomic mass is 9.99. The molecule has 0 radical (unpaired) electrons. The second-order valence-corrected chi connectivity index (χ2v) is 5.63. The molecule has 2 aromatic rings. The summed E-state index contributed by atoms with van der Waals surface area (Å²) in [6.45, 7) is 0. The summed E-state index contributed by atoms with van der Waals surface area (Å²) in [4.78, 5) is 5.14. The van der Waals surface area contributed by atoms with Crippen molar-refractivity contribution >= 4 is 46.4 Å². The quantitative estimate of drug-likeness (QED) is 0.372. The number of halogens is 3. The Hall–Kier alpha value is -1.76. The van der Waals surface area contributed by atoms with Gasteiger partial charge in [-0.3, -0.25) is 5.41 Å². The maximum absolute atomic E-state index is 13.6. The molecule has 0 amide bonds. The Kier molecular flexibility index (Phi) is 4.95. The molecule has 8 heteroatoms. The number of nitrogens with zero attached hydrogens (tertiary/aromatic N) is 2. The molecule has 4 nitrogen and oxygen atoms in total. The van der Waals surface area contributed by atoms with E-state index in [1.165, 1.54) is 30.1 Å². The van der Waals surface area contributed by atoms with Crippen LogP contribution in [0.25, 0.3) is 11.1 Å². The number of nitrogens with two attached hydrogens (primary N) is 1. The lowest BCUT2D eigenvalue weighted by Crippen LogP contribution is -2.37. The van der Waals surface area contributed by atoms with Crippen LogP contribution in [-0.4, -0.2) is 27.9 Å². The Balaban J connectivity index is 2.62. The van der Waals surface area contributed by atoms with Crippen LogP contribution < -0.4 is 5.73 Å². The van der Waals surface area contributed by atoms with Gasteiger partial charge in [0.2, 0.25) is 0 Å². The highest BCUT2D eigenvalue weighted by molar-refractivity contribution is 7.80. The third-order valence-corrected chi connectivity index (χ3v) is 3.64. The third-order valence-electron chi connectivity index (χ3n) is 2.98. The van der Waals surface area contributed by atoms with Crippen LogP contribution in [0.2, 0.25) is 10.3 Å². The molecule has 0 saturated heterocycles. The first kappa shape index (κ1) is 16.6. The van der Waals surface area contributed by atoms with Gasteiger partial charge in [0.25, 0.3) is 0 Å². The van der Waals surface area contributed by atoms with E-state index in [9.17, 15) is 4.39 Å². The molecule has 0 bridgehead atoms. The van der Waals surface area contributed by atoms with Gasteiger partial charge in [0.05, 0.1) is 0 Å². The van der Waals surface area contributed by atoms with Gasteiger partial charge in [0.1, 0.15) is 22.0 Å². The molecule has 0 aliphatic heterocycles. The van der Waals surface area contributed by atoms with Crippen LogP contribution in [0, 0.1) is 11.2 Å². The summed E-state index contributed by atoms with van der Waals surface area (Å²) in [5, 5.41) is 8.58. The smallest absolute Gasteiger partial charge is 0.171 e. The molecule has 1 aromatic carbocycles. The molecular formula is C14H11Cl2FN4S. The van der Waals surface area contributed by atoms with E-state index < -0.39 is 5.82 Å². The minimum Gasteiger partial charge on any atom is -0.376 e. The Bertz CT molecular complexity index is 746. The highest BCUT2D eigenvalue weighted by atomic mass is 35.5. The maximum atomic E-state index is 13.6. The molecule has 0 unspecified atom stereocenters. The van der Waals surface area contributed by atoms with E-state index in [0.29, 0.717) is 16.7 Å². The maximum Gasteiger partial charge on any atom is 0.171 e. The molecular weight excluding hydrogens is 346 g/mol. The van der Waals surface area contributed by atoms with Crippen molar-refractivity contribution < 1.29 is 4.39 Å². The first-order chi connectivity index (χ1) is 10.3. The number of nitrogens with one attached hydrogen (secondary N) is 1. The lowest BCUT2D eigenvalue weighted by molar-refractivity contribution is 0.627. The van der Waals surface area contributed by atoms with Crippen molar-refractivity contribution in [3.05, 3.63) is 52.0 Å². The molecule has 2 rings (SSSR count). The van der Waals surface area contributed by atoms with Gasteiger partial charge in [-0.15, -0.1) is 0 Å². The van der Waals surface area contributed by atoms with Crippen molar-refractivity contribution in [3.63, 3.8) is 0 Å². The SMILES string of the molecule is CN(C(=N)c1cc(F)ccc1-c1cc(Cl)nc(Cl)c1)C(N)=S. The monoisotopic (exact) mass is 356 g/mol. The number of aromatic nitrogens is 1. The van der Waals surface area contributed by atoms with E-state index in [1.807, 2.05) is 0 Å². The van der Waals surface area contributed by atoms with Crippen LogP contribution in [0.15, 0.2) is 30.3 Å². The number of rotatable bonds is 2. The second-order valence-electron chi connectivity index (χ2n) is 4.44. The van der Waals surface area contributed by atoms with Crippen LogP contribution in [0.4, 0.5) is 4.39 Å². The van der Waals surface area contributed by atoms with Gasteiger partial charge in [-0.05, 0) is 47.6 Å². The first-order valence-corrected chi connectivity index (χ1v) is 7.21. The van der Waals surface area contributed by atoms with E-state index >= 15 is 0 Å². The molecule has 3 N–H and O–H groups in total. The van der Waals surface area contributed by atoms with Crippen molar-refractivity contribution in [2.24, 2.45) is 5.73 Å². The summed E-state index contributed by atoms with van der Waals surface area (Å²) < 4.78 is 13.6. The average molecular weight is 357 g/mol. The third kappa shape index (κ3) is 3.52. The highest BCUT2D eigenvalue weighted by Gasteiger charge is 2.17. The second kappa shape index (κ2) is 6.56. The summed E-state index contributed by atoms with van der Waals surface area (Å²) in [5.74, 6) is -0.517. The molecule has 1 aromatic heterocycles. The molecule has 0 atom stereocenters. The zero-order valence-electron chi connectivity index (χ0n) is 11.4. The van der Waals surface area contributed by atoms with Crippen molar-refractivity contribution in [3.8, 4) is 11.1 Å². The Morgan fingerprint density at radius 1 is 1.27 bits per heavy atom. The van der Waals surface area contributed by atoms with E-state index in [1.54, 1.807) is 12.1 Å². The minimum atomic E-state index is -0.480. The fourth-order valence-electron chi connectivity index (χ4n) is 1.88. The van der Waals surface area contributed by atoms with Crippen molar-refractivity contribution in [2.75, 3.05) is 7.05 Å². The van der Waals surface area contributed by atoms with Gasteiger partial charge in [0.15, 0.2) is 5.11 Å². The average Bonchev–Trinajstić information content (AvgIpc) is 2.44. The van der Waals surface area contributed by atoms with Crippen molar-refractivity contribution in [1.29, 1.82) is 5.41 Å². The fourth-order valence-corrected chi connectivity index (χ4v) is 2.43. The number of pyridine rings is 1. The molecule has 114 valence electrons. The minimum absolute atomic E-state index is 0.00556. The van der Waals surface area contributed by atoms with Crippen molar-refractivity contribution in [1.82, 2.24) is 9.88 Å². The summed E-state index contributed by atoms with van der Waals surface area (Å²) in [6, 6.07) is 7.22. The Morgan fingerprint density at radius 3 is 2.41 bits per heavy atom. The van der Waals surface area contributed by atoms with Gasteiger partial charge in [-0.25, -0.2) is 9.37 Å². The number of hydrogen-bond donors (Lipinski definition) is 2. The highest BCUT2D eigenvalue weighted by Crippen LogP contribution is 2.29. The molecule has 22 heavy (non-hydrogen) atoms. The molecule has 0 aliphatic carbocycles. The van der Waals surface area contributed by atoms with Crippen LogP contribution >= 0.6 is 35.4 Å². The molecule has 0 spiro atoms. The molecule has 0 fully saturated rings. The summed E-state index contributed by atoms with van der Waals surface area (Å²) in [6.07, 6.45) is 0. The first-order valence-electron chi connectivity index (χ1n) is 6.04. The van der Waals surface area contributed by atoms with Crippen LogP contribution in [0.1, 0.15) is 5.56 Å². The van der Waals surface area contributed by atoms with E-state index in [0.717, 1.165) is 0 Å². The summed E-state index contributed by atoms with van der Waals surface area (Å²) in [7, 11) is 1.53. The van der Waals surface area contributed by atoms with Crippen LogP contribution in [0.3, 0.4) is 0 Å². The number of amidine groups is 1. The van der Waals surface area contributed by atoms with Gasteiger partial charge in [-0.1, -0.05) is 29.3 Å². The lowest BCUT2D eigenvalue weighted by Gasteiger charge is -2.20. The van der Waals surface area contributed by atoms with Gasteiger partial charge in [-0.2, -0.15) is 0 Å². The fraction of sp³-hybridized carbons (Fsp3) is 0.0714. The largest absolute Gasteiger partial charge is 0.376 e. The van der Waals surface area contributed by atoms with E-state index in [4.69, 9.17) is 46.6 Å². The normalized spacial score (nSPS) is 10.4. The standard InChI is InChI=1S/C14H11Cl2FN4S/c1-21(14(19)22)13(18)10-6-8(17)2-3-9(10)7-4-11(15)20-12(16)5-7/h2-6,18H,1H3,(H2,19,22). The Morgan fingerprint density at radius 2 is 1.86 bits per heavy atom. The van der Waals surface area contributed by atoms with Crippen LogP contribution in [0.5, 0.6) is 0 Å². The zero-order chi connectivity index (χ0) is 16.4. The topological polar surface area (TPSA) is 66.0 Å². The summed E-state index contributed by atoms with van der Waals surface area (Å²) in [5.41, 5.74) is 7.02. The van der Waals surface area contributed by atoms with E-state index in [2.05, 4.69) is 4.98 Å². The molecule has 1 heterocycles. The van der Waals surface area contributed by atoms with E-state index in [-0.39, 0.29) is 21.3 Å². The van der Waals surface area contributed by atoms with Gasteiger partial charge >= 0.3 is 0 Å². The van der Waals surface area contributed by atoms with Gasteiger partial charge < -0.3 is 10.6 Å².